The van der Waals surface area contributed by atoms with Crippen molar-refractivity contribution in [2.45, 2.75) is 6.42 Å². The van der Waals surface area contributed by atoms with Crippen molar-refractivity contribution in [2.24, 2.45) is 5.73 Å². The summed E-state index contributed by atoms with van der Waals surface area (Å²) in [7, 11) is 0. The Bertz CT molecular complexity index is 340. The molecular formula is C10H10BrF2N. The van der Waals surface area contributed by atoms with E-state index in [1.165, 1.54) is 12.1 Å². The van der Waals surface area contributed by atoms with Gasteiger partial charge in [0.05, 0.1) is 0 Å². The van der Waals surface area contributed by atoms with Crippen molar-refractivity contribution in [1.29, 1.82) is 0 Å². The van der Waals surface area contributed by atoms with Crippen molar-refractivity contribution >= 4 is 21.5 Å². The van der Waals surface area contributed by atoms with E-state index in [1.807, 2.05) is 0 Å². The lowest BCUT2D eigenvalue weighted by molar-refractivity contribution is 0.574. The van der Waals surface area contributed by atoms with Crippen LogP contribution in [0.25, 0.3) is 5.57 Å². The Hall–Kier alpha value is -0.740. The van der Waals surface area contributed by atoms with E-state index in [4.69, 9.17) is 5.73 Å². The van der Waals surface area contributed by atoms with Gasteiger partial charge in [0.2, 0.25) is 0 Å². The second kappa shape index (κ2) is 4.66. The van der Waals surface area contributed by atoms with E-state index in [-0.39, 0.29) is 5.56 Å². The van der Waals surface area contributed by atoms with Crippen LogP contribution in [0.2, 0.25) is 0 Å². The van der Waals surface area contributed by atoms with Crippen LogP contribution in [0.3, 0.4) is 0 Å². The first kappa shape index (κ1) is 11.3. The molecule has 1 rings (SSSR count). The van der Waals surface area contributed by atoms with Crippen LogP contribution in [0.4, 0.5) is 8.78 Å². The molecule has 0 fully saturated rings. The molecule has 1 nitrogen and oxygen atoms in total. The highest BCUT2D eigenvalue weighted by molar-refractivity contribution is 9.10. The lowest BCUT2D eigenvalue weighted by Crippen LogP contribution is -2.02. The van der Waals surface area contributed by atoms with Crippen LogP contribution in [0.5, 0.6) is 0 Å². The van der Waals surface area contributed by atoms with Gasteiger partial charge in [0.15, 0.2) is 0 Å². The van der Waals surface area contributed by atoms with E-state index in [2.05, 4.69) is 22.5 Å². The molecule has 0 bridgehead atoms. The van der Waals surface area contributed by atoms with Gasteiger partial charge in [-0.05, 0) is 30.7 Å². The number of nitrogens with two attached hydrogens (primary N) is 1. The fourth-order valence-corrected chi connectivity index (χ4v) is 1.58. The molecule has 0 heterocycles. The van der Waals surface area contributed by atoms with E-state index in [9.17, 15) is 8.78 Å². The second-order valence-corrected chi connectivity index (χ2v) is 3.80. The van der Waals surface area contributed by atoms with E-state index in [1.54, 1.807) is 0 Å². The fraction of sp³-hybridized carbons (Fsp3) is 0.200. The predicted molar refractivity (Wildman–Crippen MR) is 56.8 cm³/mol. The minimum atomic E-state index is -0.615. The number of rotatable bonds is 3. The summed E-state index contributed by atoms with van der Waals surface area (Å²) in [6.45, 7) is 3.92. The third kappa shape index (κ3) is 2.39. The maximum atomic E-state index is 13.3. The maximum absolute atomic E-state index is 13.3. The Morgan fingerprint density at radius 2 is 1.86 bits per heavy atom. The summed E-state index contributed by atoms with van der Waals surface area (Å²) in [4.78, 5) is 0. The lowest BCUT2D eigenvalue weighted by Gasteiger charge is -2.07. The molecule has 76 valence electrons. The van der Waals surface area contributed by atoms with Gasteiger partial charge < -0.3 is 5.73 Å². The number of hydrogen-bond acceptors (Lipinski definition) is 1. The van der Waals surface area contributed by atoms with E-state index < -0.39 is 11.6 Å². The molecule has 2 N–H and O–H groups in total. The first-order chi connectivity index (χ1) is 6.56. The summed E-state index contributed by atoms with van der Waals surface area (Å²) in [6, 6.07) is 2.42. The molecule has 0 unspecified atom stereocenters. The second-order valence-electron chi connectivity index (χ2n) is 2.89. The van der Waals surface area contributed by atoms with Crippen molar-refractivity contribution in [3.8, 4) is 0 Å². The van der Waals surface area contributed by atoms with Crippen LogP contribution in [-0.4, -0.2) is 6.54 Å². The van der Waals surface area contributed by atoms with E-state index >= 15 is 0 Å². The average molecular weight is 262 g/mol. The fourth-order valence-electron chi connectivity index (χ4n) is 1.18. The summed E-state index contributed by atoms with van der Waals surface area (Å²) < 4.78 is 27.0. The topological polar surface area (TPSA) is 26.0 Å². The standard InChI is InChI=1S/C10H10BrF2N/c1-6(2-3-14)10-8(12)4-7(11)5-9(10)13/h4-5H,1-3,14H2. The molecule has 0 saturated carbocycles. The normalized spacial score (nSPS) is 10.3. The molecule has 1 aromatic rings. The lowest BCUT2D eigenvalue weighted by atomic mass is 10.0. The first-order valence-electron chi connectivity index (χ1n) is 4.09. The molecule has 0 aliphatic heterocycles. The average Bonchev–Trinajstić information content (AvgIpc) is 2.01. The monoisotopic (exact) mass is 261 g/mol. The zero-order chi connectivity index (χ0) is 10.7. The highest BCUT2D eigenvalue weighted by Gasteiger charge is 2.12. The Labute approximate surface area is 89.7 Å². The molecule has 0 aliphatic carbocycles. The molecule has 0 saturated heterocycles. The summed E-state index contributed by atoms with van der Waals surface area (Å²) in [5, 5.41) is 0. The van der Waals surface area contributed by atoms with E-state index in [0.29, 0.717) is 23.0 Å². The molecule has 0 spiro atoms. The summed E-state index contributed by atoms with van der Waals surface area (Å²) >= 11 is 3.00. The van der Waals surface area contributed by atoms with E-state index in [0.717, 1.165) is 0 Å². The Morgan fingerprint density at radius 3 is 2.29 bits per heavy atom. The van der Waals surface area contributed by atoms with Gasteiger partial charge in [-0.3, -0.25) is 0 Å². The summed E-state index contributed by atoms with van der Waals surface area (Å²) in [5.74, 6) is -1.23. The molecular weight excluding hydrogens is 252 g/mol. The van der Waals surface area contributed by atoms with Crippen LogP contribution < -0.4 is 5.73 Å². The maximum Gasteiger partial charge on any atom is 0.134 e. The third-order valence-electron chi connectivity index (χ3n) is 1.81. The number of benzene rings is 1. The molecule has 0 aromatic heterocycles. The zero-order valence-electron chi connectivity index (χ0n) is 7.49. The van der Waals surface area contributed by atoms with Crippen LogP contribution in [0.1, 0.15) is 12.0 Å². The van der Waals surface area contributed by atoms with Crippen molar-refractivity contribution in [3.05, 3.63) is 40.4 Å². The van der Waals surface area contributed by atoms with Crippen molar-refractivity contribution in [1.82, 2.24) is 0 Å². The van der Waals surface area contributed by atoms with Gasteiger partial charge in [0.25, 0.3) is 0 Å². The summed E-state index contributed by atoms with van der Waals surface area (Å²) in [6.07, 6.45) is 0.384. The Kier molecular flexibility index (Phi) is 3.77. The highest BCUT2D eigenvalue weighted by Crippen LogP contribution is 2.25. The Morgan fingerprint density at radius 1 is 1.36 bits per heavy atom. The van der Waals surface area contributed by atoms with Gasteiger partial charge in [-0.1, -0.05) is 22.5 Å². The molecule has 0 radical (unpaired) electrons. The van der Waals surface area contributed by atoms with Crippen LogP contribution in [-0.2, 0) is 0 Å². The number of hydrogen-bond donors (Lipinski definition) is 1. The predicted octanol–water partition coefficient (Wildman–Crippen LogP) is 3.09. The smallest absolute Gasteiger partial charge is 0.134 e. The van der Waals surface area contributed by atoms with Crippen LogP contribution in [0.15, 0.2) is 23.2 Å². The quantitative estimate of drug-likeness (QED) is 0.889. The zero-order valence-corrected chi connectivity index (χ0v) is 9.07. The molecule has 14 heavy (non-hydrogen) atoms. The van der Waals surface area contributed by atoms with Gasteiger partial charge in [-0.15, -0.1) is 0 Å². The molecule has 0 amide bonds. The van der Waals surface area contributed by atoms with Gasteiger partial charge >= 0.3 is 0 Å². The minimum absolute atomic E-state index is 0.0707. The third-order valence-corrected chi connectivity index (χ3v) is 2.26. The van der Waals surface area contributed by atoms with Gasteiger partial charge in [0.1, 0.15) is 11.6 Å². The molecule has 1 aromatic carbocycles. The van der Waals surface area contributed by atoms with Gasteiger partial charge in [-0.2, -0.15) is 0 Å². The SMILES string of the molecule is C=C(CCN)c1c(F)cc(Br)cc1F. The van der Waals surface area contributed by atoms with Crippen molar-refractivity contribution in [2.75, 3.05) is 6.54 Å². The molecule has 0 aliphatic rings. The van der Waals surface area contributed by atoms with Crippen molar-refractivity contribution in [3.63, 3.8) is 0 Å². The molecule has 4 heteroatoms. The Balaban J connectivity index is 3.14. The summed E-state index contributed by atoms with van der Waals surface area (Å²) in [5.41, 5.74) is 5.60. The van der Waals surface area contributed by atoms with Crippen molar-refractivity contribution < 1.29 is 8.78 Å². The van der Waals surface area contributed by atoms with Gasteiger partial charge in [0, 0.05) is 10.0 Å². The first-order valence-corrected chi connectivity index (χ1v) is 4.88. The minimum Gasteiger partial charge on any atom is -0.330 e. The largest absolute Gasteiger partial charge is 0.330 e. The number of halogens is 3. The van der Waals surface area contributed by atoms with Crippen LogP contribution in [0, 0.1) is 11.6 Å². The highest BCUT2D eigenvalue weighted by atomic mass is 79.9. The van der Waals surface area contributed by atoms with Crippen LogP contribution >= 0.6 is 15.9 Å². The molecule has 0 atom stereocenters. The van der Waals surface area contributed by atoms with Gasteiger partial charge in [-0.25, -0.2) is 8.78 Å².